The molecule has 3 heterocycles. The van der Waals surface area contributed by atoms with Crippen molar-refractivity contribution in [1.82, 2.24) is 19.9 Å². The van der Waals surface area contributed by atoms with E-state index in [1.165, 1.54) is 7.11 Å². The first-order valence-electron chi connectivity index (χ1n) is 10.5. The molecule has 1 aliphatic carbocycles. The molecule has 0 saturated carbocycles. The molecule has 1 aliphatic heterocycles. The molecular formula is C22H26ClN5O3. The van der Waals surface area contributed by atoms with Crippen LogP contribution in [0.1, 0.15) is 31.2 Å². The molecule has 0 radical (unpaired) electrons. The molecule has 2 aliphatic rings. The highest BCUT2D eigenvalue weighted by Crippen LogP contribution is 2.30. The minimum absolute atomic E-state index is 0.198. The maximum absolute atomic E-state index is 12.6. The first kappa shape index (κ1) is 21.5. The van der Waals surface area contributed by atoms with E-state index in [1.54, 1.807) is 12.3 Å². The fourth-order valence-corrected chi connectivity index (χ4v) is 4.28. The molecule has 1 fully saturated rings. The molecule has 0 unspecified atom stereocenters. The van der Waals surface area contributed by atoms with Crippen molar-refractivity contribution in [3.8, 4) is 0 Å². The summed E-state index contributed by atoms with van der Waals surface area (Å²) in [5, 5.41) is 4.64. The summed E-state index contributed by atoms with van der Waals surface area (Å²) in [5.41, 5.74) is 1.58. The van der Waals surface area contributed by atoms with Gasteiger partial charge < -0.3 is 15.0 Å². The van der Waals surface area contributed by atoms with Gasteiger partial charge in [0.25, 0.3) is 5.56 Å². The fourth-order valence-electron chi connectivity index (χ4n) is 3.99. The second-order valence-electron chi connectivity index (χ2n) is 7.93. The average Bonchev–Trinajstić information content (AvgIpc) is 2.78. The number of hydrogen-bond donors (Lipinski definition) is 2. The number of esters is 1. The van der Waals surface area contributed by atoms with Crippen LogP contribution < -0.4 is 10.9 Å². The molecule has 2 aromatic heterocycles. The molecule has 0 atom stereocenters. The highest BCUT2D eigenvalue weighted by Gasteiger charge is 2.21. The number of nitrogens with zero attached hydrogens (tertiary/aromatic N) is 3. The number of anilines is 1. The Hall–Kier alpha value is -2.71. The number of carbonyl (C=O) groups is 1. The third kappa shape index (κ3) is 5.14. The molecule has 4 rings (SSSR count). The molecule has 31 heavy (non-hydrogen) atoms. The number of likely N-dealkylation sites (tertiary alicyclic amines) is 1. The van der Waals surface area contributed by atoms with Gasteiger partial charge in [0.1, 0.15) is 5.65 Å². The highest BCUT2D eigenvalue weighted by molar-refractivity contribution is 6.37. The Morgan fingerprint density at radius 1 is 1.32 bits per heavy atom. The van der Waals surface area contributed by atoms with E-state index in [2.05, 4.69) is 25.2 Å². The number of fused-ring (bicyclic) bond motifs is 1. The Morgan fingerprint density at radius 2 is 2.10 bits per heavy atom. The quantitative estimate of drug-likeness (QED) is 0.662. The number of aromatic amines is 1. The summed E-state index contributed by atoms with van der Waals surface area (Å²) >= 11 is 6.29. The number of rotatable bonds is 6. The molecule has 2 aromatic rings. The van der Waals surface area contributed by atoms with Crippen LogP contribution in [0, 0.1) is 5.92 Å². The predicted octanol–water partition coefficient (Wildman–Crippen LogP) is 2.91. The smallest absolute Gasteiger partial charge is 0.319 e. The second-order valence-corrected chi connectivity index (χ2v) is 8.34. The van der Waals surface area contributed by atoms with Crippen LogP contribution in [-0.2, 0) is 9.53 Å². The monoisotopic (exact) mass is 443 g/mol. The zero-order chi connectivity index (χ0) is 21.8. The van der Waals surface area contributed by atoms with Crippen LogP contribution in [-0.4, -0.2) is 59.1 Å². The van der Waals surface area contributed by atoms with E-state index >= 15 is 0 Å². The zero-order valence-electron chi connectivity index (χ0n) is 17.5. The van der Waals surface area contributed by atoms with Gasteiger partial charge in [0.15, 0.2) is 0 Å². The molecule has 8 nitrogen and oxygen atoms in total. The maximum Gasteiger partial charge on any atom is 0.319 e. The molecule has 164 valence electrons. The van der Waals surface area contributed by atoms with E-state index in [1.807, 2.05) is 12.2 Å². The first-order chi connectivity index (χ1) is 15.0. The number of H-pyrrole nitrogens is 1. The van der Waals surface area contributed by atoms with E-state index in [0.29, 0.717) is 34.7 Å². The number of carbonyl (C=O) groups excluding carboxylic acids is 1. The van der Waals surface area contributed by atoms with Crippen LogP contribution in [0.3, 0.4) is 0 Å². The van der Waals surface area contributed by atoms with Gasteiger partial charge in [0.05, 0.1) is 13.7 Å². The minimum Gasteiger partial charge on any atom is -0.468 e. The Morgan fingerprint density at radius 3 is 2.84 bits per heavy atom. The number of aromatic nitrogens is 3. The number of methoxy groups -OCH3 is 1. The highest BCUT2D eigenvalue weighted by atomic mass is 35.5. The second kappa shape index (κ2) is 9.62. The largest absolute Gasteiger partial charge is 0.468 e. The van der Waals surface area contributed by atoms with Crippen molar-refractivity contribution >= 4 is 40.1 Å². The number of piperidine rings is 1. The van der Waals surface area contributed by atoms with Gasteiger partial charge >= 0.3 is 5.97 Å². The lowest BCUT2D eigenvalue weighted by Crippen LogP contribution is -2.39. The molecule has 0 spiro atoms. The number of nitrogens with one attached hydrogen (secondary N) is 2. The van der Waals surface area contributed by atoms with Crippen LogP contribution >= 0.6 is 11.6 Å². The van der Waals surface area contributed by atoms with Crippen molar-refractivity contribution in [2.45, 2.75) is 25.7 Å². The SMILES string of the molecule is COC(=O)CN1CCC(CNc2ncc3cc(C4=CCCC=C4Cl)c(=O)[nH]c3n2)CC1. The normalized spacial score (nSPS) is 17.9. The molecule has 0 amide bonds. The fraction of sp³-hybridized carbons (Fsp3) is 0.455. The molecule has 0 aromatic carbocycles. The number of ether oxygens (including phenoxy) is 1. The molecule has 1 saturated heterocycles. The van der Waals surface area contributed by atoms with Gasteiger partial charge in [0.2, 0.25) is 5.95 Å². The van der Waals surface area contributed by atoms with E-state index in [9.17, 15) is 9.59 Å². The molecule has 2 N–H and O–H groups in total. The third-order valence-electron chi connectivity index (χ3n) is 5.82. The van der Waals surface area contributed by atoms with E-state index in [0.717, 1.165) is 56.3 Å². The van der Waals surface area contributed by atoms with Crippen LogP contribution in [0.25, 0.3) is 16.6 Å². The number of allylic oxidation sites excluding steroid dienone is 4. The van der Waals surface area contributed by atoms with Crippen molar-refractivity contribution in [2.24, 2.45) is 5.92 Å². The number of pyridine rings is 1. The molecule has 0 bridgehead atoms. The molecule has 9 heteroatoms. The zero-order valence-corrected chi connectivity index (χ0v) is 18.2. The van der Waals surface area contributed by atoms with Crippen LogP contribution in [0.4, 0.5) is 5.95 Å². The summed E-state index contributed by atoms with van der Waals surface area (Å²) in [5.74, 6) is 0.765. The van der Waals surface area contributed by atoms with Crippen LogP contribution in [0.5, 0.6) is 0 Å². The van der Waals surface area contributed by atoms with E-state index in [4.69, 9.17) is 16.3 Å². The van der Waals surface area contributed by atoms with Crippen molar-refractivity contribution in [1.29, 1.82) is 0 Å². The lowest BCUT2D eigenvalue weighted by Gasteiger charge is -2.31. The van der Waals surface area contributed by atoms with Crippen molar-refractivity contribution < 1.29 is 9.53 Å². The van der Waals surface area contributed by atoms with Gasteiger partial charge in [-0.2, -0.15) is 4.98 Å². The first-order valence-corrected chi connectivity index (χ1v) is 10.9. The Bertz CT molecular complexity index is 1090. The summed E-state index contributed by atoms with van der Waals surface area (Å²) in [6.07, 6.45) is 9.36. The topological polar surface area (TPSA) is 100 Å². The predicted molar refractivity (Wildman–Crippen MR) is 121 cm³/mol. The minimum atomic E-state index is -0.213. The van der Waals surface area contributed by atoms with Crippen molar-refractivity contribution in [3.05, 3.63) is 45.4 Å². The Labute approximate surface area is 185 Å². The van der Waals surface area contributed by atoms with Gasteiger partial charge in [-0.25, -0.2) is 4.98 Å². The summed E-state index contributed by atoms with van der Waals surface area (Å²) in [6.45, 7) is 2.82. The summed E-state index contributed by atoms with van der Waals surface area (Å²) < 4.78 is 4.73. The third-order valence-corrected chi connectivity index (χ3v) is 6.17. The van der Waals surface area contributed by atoms with Crippen LogP contribution in [0.15, 0.2) is 34.2 Å². The van der Waals surface area contributed by atoms with E-state index in [-0.39, 0.29) is 11.5 Å². The molecular weight excluding hydrogens is 418 g/mol. The summed E-state index contributed by atoms with van der Waals surface area (Å²) in [6, 6.07) is 1.79. The van der Waals surface area contributed by atoms with E-state index < -0.39 is 0 Å². The van der Waals surface area contributed by atoms with Crippen molar-refractivity contribution in [2.75, 3.05) is 38.6 Å². The standard InChI is InChI=1S/C22H26ClN5O3/c1-31-19(29)13-28-8-6-14(7-9-28)11-24-22-25-12-15-10-17(21(30)26-20(15)27-22)16-4-2-3-5-18(16)23/h4-5,10,12,14H,2-3,6-9,11,13H2,1H3,(H2,24,25,26,27,30). The lowest BCUT2D eigenvalue weighted by atomic mass is 9.97. The maximum atomic E-state index is 12.6. The number of hydrogen-bond acceptors (Lipinski definition) is 7. The Balaban J connectivity index is 1.39. The van der Waals surface area contributed by atoms with Gasteiger partial charge in [-0.15, -0.1) is 0 Å². The number of halogens is 1. The average molecular weight is 444 g/mol. The van der Waals surface area contributed by atoms with Gasteiger partial charge in [0, 0.05) is 34.3 Å². The summed E-state index contributed by atoms with van der Waals surface area (Å²) in [4.78, 5) is 37.9. The Kier molecular flexibility index (Phi) is 6.67. The lowest BCUT2D eigenvalue weighted by molar-refractivity contribution is -0.142. The van der Waals surface area contributed by atoms with Crippen LogP contribution in [0.2, 0.25) is 0 Å². The van der Waals surface area contributed by atoms with Crippen molar-refractivity contribution in [3.63, 3.8) is 0 Å². The van der Waals surface area contributed by atoms with Gasteiger partial charge in [-0.1, -0.05) is 23.8 Å². The summed E-state index contributed by atoms with van der Waals surface area (Å²) in [7, 11) is 1.41. The van der Waals surface area contributed by atoms with Gasteiger partial charge in [-0.05, 0) is 50.8 Å². The van der Waals surface area contributed by atoms with Gasteiger partial charge in [-0.3, -0.25) is 14.5 Å².